The van der Waals surface area contributed by atoms with E-state index in [1.807, 2.05) is 0 Å². The average molecular weight is 298 g/mol. The van der Waals surface area contributed by atoms with Gasteiger partial charge >= 0.3 is 0 Å². The summed E-state index contributed by atoms with van der Waals surface area (Å²) in [6.07, 6.45) is 9.09. The highest BCUT2D eigenvalue weighted by molar-refractivity contribution is 5.97. The number of hydrogen-bond donors (Lipinski definition) is 1. The van der Waals surface area contributed by atoms with Gasteiger partial charge in [0.2, 0.25) is 5.91 Å². The van der Waals surface area contributed by atoms with Gasteiger partial charge in [-0.05, 0) is 49.3 Å². The molecule has 118 valence electrons. The van der Waals surface area contributed by atoms with E-state index in [-0.39, 0.29) is 10.8 Å². The Bertz CT molecular complexity index is 585. The predicted octanol–water partition coefficient (Wildman–Crippen LogP) is 3.36. The molecule has 1 heterocycles. The van der Waals surface area contributed by atoms with Gasteiger partial charge in [0.1, 0.15) is 0 Å². The maximum atomic E-state index is 13.0. The molecule has 1 aromatic rings. The first-order chi connectivity index (χ1) is 10.7. The highest BCUT2D eigenvalue weighted by Crippen LogP contribution is 2.56. The summed E-state index contributed by atoms with van der Waals surface area (Å²) in [6, 6.07) is 8.50. The van der Waals surface area contributed by atoms with Crippen LogP contribution in [0.4, 0.5) is 5.69 Å². The zero-order chi connectivity index (χ0) is 15.2. The third-order valence-electron chi connectivity index (χ3n) is 6.26. The largest absolute Gasteiger partial charge is 0.330 e. The summed E-state index contributed by atoms with van der Waals surface area (Å²) in [5, 5.41) is 0. The van der Waals surface area contributed by atoms with Crippen molar-refractivity contribution in [2.45, 2.75) is 56.8 Å². The topological polar surface area (TPSA) is 46.3 Å². The van der Waals surface area contributed by atoms with Gasteiger partial charge in [-0.25, -0.2) is 0 Å². The van der Waals surface area contributed by atoms with E-state index in [1.54, 1.807) is 0 Å². The lowest BCUT2D eigenvalue weighted by molar-refractivity contribution is -0.121. The monoisotopic (exact) mass is 298 g/mol. The zero-order valence-corrected chi connectivity index (χ0v) is 13.3. The summed E-state index contributed by atoms with van der Waals surface area (Å²) in [6.45, 7) is 1.55. The lowest BCUT2D eigenvalue weighted by Gasteiger charge is -2.37. The van der Waals surface area contributed by atoms with Crippen molar-refractivity contribution in [3.63, 3.8) is 0 Å². The number of nitrogens with zero attached hydrogens (tertiary/aromatic N) is 1. The van der Waals surface area contributed by atoms with Crippen LogP contribution in [-0.4, -0.2) is 19.0 Å². The first-order valence-corrected chi connectivity index (χ1v) is 8.78. The van der Waals surface area contributed by atoms with Crippen molar-refractivity contribution in [3.05, 3.63) is 29.8 Å². The minimum Gasteiger partial charge on any atom is -0.330 e. The second kappa shape index (κ2) is 5.09. The number of anilines is 1. The van der Waals surface area contributed by atoms with Crippen LogP contribution in [-0.2, 0) is 10.2 Å². The molecule has 1 spiro atoms. The van der Waals surface area contributed by atoms with Gasteiger partial charge in [0.15, 0.2) is 0 Å². The Hall–Kier alpha value is -1.35. The fourth-order valence-electron chi connectivity index (χ4n) is 4.60. The highest BCUT2D eigenvalue weighted by atomic mass is 16.2. The van der Waals surface area contributed by atoms with Crippen molar-refractivity contribution in [1.82, 2.24) is 0 Å². The van der Waals surface area contributed by atoms with Gasteiger partial charge < -0.3 is 10.6 Å². The summed E-state index contributed by atoms with van der Waals surface area (Å²) in [5.74, 6) is 0.295. The zero-order valence-electron chi connectivity index (χ0n) is 13.3. The normalized spacial score (nSPS) is 24.3. The summed E-state index contributed by atoms with van der Waals surface area (Å²) >= 11 is 0. The van der Waals surface area contributed by atoms with Crippen LogP contribution in [0.3, 0.4) is 0 Å². The molecule has 2 saturated carbocycles. The molecule has 0 atom stereocenters. The number of nitrogens with two attached hydrogens (primary N) is 1. The molecule has 0 saturated heterocycles. The smallest absolute Gasteiger partial charge is 0.227 e. The van der Waals surface area contributed by atoms with Crippen LogP contribution < -0.4 is 10.6 Å². The first-order valence-electron chi connectivity index (χ1n) is 8.78. The Morgan fingerprint density at radius 3 is 2.50 bits per heavy atom. The third kappa shape index (κ3) is 2.18. The van der Waals surface area contributed by atoms with E-state index in [0.717, 1.165) is 25.1 Å². The molecule has 22 heavy (non-hydrogen) atoms. The maximum Gasteiger partial charge on any atom is 0.227 e. The Kier molecular flexibility index (Phi) is 3.30. The maximum absolute atomic E-state index is 13.0. The SMILES string of the molecule is NCC1(CC(=O)N2CC3(CC3)c3ccccc32)CCCCC1. The minimum atomic E-state index is 0.0591. The molecule has 0 aromatic heterocycles. The lowest BCUT2D eigenvalue weighted by atomic mass is 9.71. The van der Waals surface area contributed by atoms with Crippen molar-refractivity contribution >= 4 is 11.6 Å². The Labute approximate surface area is 132 Å². The summed E-state index contributed by atoms with van der Waals surface area (Å²) in [4.78, 5) is 15.1. The van der Waals surface area contributed by atoms with Crippen LogP contribution in [0.2, 0.25) is 0 Å². The van der Waals surface area contributed by atoms with Crippen LogP contribution in [0, 0.1) is 5.41 Å². The molecular formula is C19H26N2O. The molecule has 2 N–H and O–H groups in total. The van der Waals surface area contributed by atoms with Crippen LogP contribution >= 0.6 is 0 Å². The van der Waals surface area contributed by atoms with Gasteiger partial charge in [0.25, 0.3) is 0 Å². The van der Waals surface area contributed by atoms with Crippen LogP contribution in [0.25, 0.3) is 0 Å². The van der Waals surface area contributed by atoms with Gasteiger partial charge in [-0.2, -0.15) is 0 Å². The van der Waals surface area contributed by atoms with E-state index in [9.17, 15) is 4.79 Å². The van der Waals surface area contributed by atoms with Crippen LogP contribution in [0.15, 0.2) is 24.3 Å². The molecule has 0 unspecified atom stereocenters. The molecule has 3 aliphatic rings. The van der Waals surface area contributed by atoms with E-state index < -0.39 is 0 Å². The molecule has 2 aliphatic carbocycles. The number of para-hydroxylation sites is 1. The molecule has 1 aliphatic heterocycles. The summed E-state index contributed by atoms with van der Waals surface area (Å²) < 4.78 is 0. The number of hydrogen-bond acceptors (Lipinski definition) is 2. The molecule has 1 amide bonds. The van der Waals surface area contributed by atoms with E-state index in [4.69, 9.17) is 5.73 Å². The van der Waals surface area contributed by atoms with Crippen LogP contribution in [0.5, 0.6) is 0 Å². The van der Waals surface area contributed by atoms with E-state index in [2.05, 4.69) is 29.2 Å². The van der Waals surface area contributed by atoms with E-state index in [0.29, 0.717) is 18.9 Å². The quantitative estimate of drug-likeness (QED) is 0.930. The lowest BCUT2D eigenvalue weighted by Crippen LogP contribution is -2.40. The molecule has 0 radical (unpaired) electrons. The standard InChI is InChI=1S/C19H26N2O/c20-13-18(8-4-1-5-9-18)12-17(22)21-14-19(10-11-19)15-6-2-3-7-16(15)21/h2-3,6-7H,1,4-5,8-14,20H2. The predicted molar refractivity (Wildman–Crippen MR) is 88.9 cm³/mol. The van der Waals surface area contributed by atoms with Gasteiger partial charge in [0.05, 0.1) is 0 Å². The summed E-state index contributed by atoms with van der Waals surface area (Å²) in [7, 11) is 0. The van der Waals surface area contributed by atoms with Gasteiger partial charge in [-0.15, -0.1) is 0 Å². The first kappa shape index (κ1) is 14.3. The number of carbonyl (C=O) groups excluding carboxylic acids is 1. The molecule has 3 heteroatoms. The van der Waals surface area contributed by atoms with Gasteiger partial charge in [-0.3, -0.25) is 4.79 Å². The Balaban J connectivity index is 1.56. The number of benzene rings is 1. The molecule has 2 fully saturated rings. The number of rotatable bonds is 3. The van der Waals surface area contributed by atoms with Gasteiger partial charge in [0, 0.05) is 24.1 Å². The molecule has 3 nitrogen and oxygen atoms in total. The van der Waals surface area contributed by atoms with Crippen LogP contribution in [0.1, 0.15) is 56.9 Å². The van der Waals surface area contributed by atoms with Crippen molar-refractivity contribution in [2.75, 3.05) is 18.0 Å². The van der Waals surface area contributed by atoms with Crippen molar-refractivity contribution < 1.29 is 4.79 Å². The molecular weight excluding hydrogens is 272 g/mol. The number of carbonyl (C=O) groups is 1. The van der Waals surface area contributed by atoms with E-state index in [1.165, 1.54) is 37.7 Å². The second-order valence-electron chi connectivity index (χ2n) is 7.72. The third-order valence-corrected chi connectivity index (χ3v) is 6.26. The Morgan fingerprint density at radius 2 is 1.82 bits per heavy atom. The molecule has 1 aromatic carbocycles. The molecule has 0 bridgehead atoms. The molecule has 4 rings (SSSR count). The highest BCUT2D eigenvalue weighted by Gasteiger charge is 2.53. The Morgan fingerprint density at radius 1 is 1.09 bits per heavy atom. The second-order valence-corrected chi connectivity index (χ2v) is 7.72. The van der Waals surface area contributed by atoms with E-state index >= 15 is 0 Å². The summed E-state index contributed by atoms with van der Waals surface area (Å²) in [5.41, 5.74) is 8.98. The fourth-order valence-corrected chi connectivity index (χ4v) is 4.60. The number of fused-ring (bicyclic) bond motifs is 2. The fraction of sp³-hybridized carbons (Fsp3) is 0.632. The van der Waals surface area contributed by atoms with Gasteiger partial charge in [-0.1, -0.05) is 37.5 Å². The average Bonchev–Trinajstić information content (AvgIpc) is 3.26. The number of amides is 1. The van der Waals surface area contributed by atoms with Crippen molar-refractivity contribution in [2.24, 2.45) is 11.1 Å². The minimum absolute atomic E-state index is 0.0591. The van der Waals surface area contributed by atoms with Crippen molar-refractivity contribution in [3.8, 4) is 0 Å². The van der Waals surface area contributed by atoms with Crippen molar-refractivity contribution in [1.29, 1.82) is 0 Å².